The van der Waals surface area contributed by atoms with Gasteiger partial charge in [0, 0.05) is 13.1 Å². The van der Waals surface area contributed by atoms with Crippen LogP contribution < -0.4 is 0 Å². The van der Waals surface area contributed by atoms with Crippen molar-refractivity contribution >= 4 is 11.9 Å². The van der Waals surface area contributed by atoms with Crippen molar-refractivity contribution in [1.82, 2.24) is 19.9 Å². The monoisotopic (exact) mass is 358 g/mol. The molecule has 0 unspecified atom stereocenters. The zero-order valence-corrected chi connectivity index (χ0v) is 15.1. The summed E-state index contributed by atoms with van der Waals surface area (Å²) in [6.45, 7) is 6.15. The van der Waals surface area contributed by atoms with Crippen LogP contribution in [0, 0.1) is 6.92 Å². The van der Waals surface area contributed by atoms with Crippen LogP contribution in [0.5, 0.6) is 0 Å². The SMILES string of the molecule is Cc1nn(-c2ccccc2)nc1C(=O)OCC(=O)N1C[C@@H](C)O[C@@H](C)C1. The van der Waals surface area contributed by atoms with Crippen LogP contribution in [0.4, 0.5) is 0 Å². The number of carbonyl (C=O) groups is 2. The van der Waals surface area contributed by atoms with Crippen LogP contribution in [0.3, 0.4) is 0 Å². The summed E-state index contributed by atoms with van der Waals surface area (Å²) < 4.78 is 10.8. The Bertz CT molecular complexity index is 780. The Hall–Kier alpha value is -2.74. The molecule has 0 N–H and O–H groups in total. The lowest BCUT2D eigenvalue weighted by molar-refractivity contribution is -0.146. The fourth-order valence-electron chi connectivity index (χ4n) is 2.91. The van der Waals surface area contributed by atoms with E-state index in [-0.39, 0.29) is 30.4 Å². The molecule has 2 aromatic rings. The third-order valence-corrected chi connectivity index (χ3v) is 4.06. The second kappa shape index (κ2) is 7.65. The van der Waals surface area contributed by atoms with E-state index in [4.69, 9.17) is 9.47 Å². The molecule has 1 aliphatic heterocycles. The van der Waals surface area contributed by atoms with Crippen molar-refractivity contribution in [3.8, 4) is 5.69 Å². The van der Waals surface area contributed by atoms with Gasteiger partial charge in [0.25, 0.3) is 5.91 Å². The molecule has 1 amide bonds. The highest BCUT2D eigenvalue weighted by molar-refractivity contribution is 5.90. The molecule has 2 heterocycles. The number of esters is 1. The number of amides is 1. The molecule has 1 saturated heterocycles. The van der Waals surface area contributed by atoms with E-state index in [0.717, 1.165) is 5.69 Å². The van der Waals surface area contributed by atoms with Gasteiger partial charge >= 0.3 is 5.97 Å². The Morgan fingerprint density at radius 2 is 1.81 bits per heavy atom. The van der Waals surface area contributed by atoms with Gasteiger partial charge in [0.1, 0.15) is 0 Å². The van der Waals surface area contributed by atoms with Crippen LogP contribution in [0.2, 0.25) is 0 Å². The second-order valence-corrected chi connectivity index (χ2v) is 6.39. The molecule has 26 heavy (non-hydrogen) atoms. The fraction of sp³-hybridized carbons (Fsp3) is 0.444. The van der Waals surface area contributed by atoms with Crippen LogP contribution in [0.1, 0.15) is 30.0 Å². The first kappa shape index (κ1) is 18.1. The molecule has 0 saturated carbocycles. The van der Waals surface area contributed by atoms with Gasteiger partial charge in [-0.2, -0.15) is 9.90 Å². The normalized spacial score (nSPS) is 20.0. The predicted molar refractivity (Wildman–Crippen MR) is 93.0 cm³/mol. The zero-order valence-electron chi connectivity index (χ0n) is 15.1. The number of ether oxygens (including phenoxy) is 2. The van der Waals surface area contributed by atoms with E-state index < -0.39 is 5.97 Å². The average molecular weight is 358 g/mol. The van der Waals surface area contributed by atoms with Crippen molar-refractivity contribution in [1.29, 1.82) is 0 Å². The molecule has 0 spiro atoms. The molecule has 2 atom stereocenters. The molecule has 0 radical (unpaired) electrons. The number of para-hydroxylation sites is 1. The molecule has 8 heteroatoms. The molecule has 8 nitrogen and oxygen atoms in total. The predicted octanol–water partition coefficient (Wildman–Crippen LogP) is 1.37. The smallest absolute Gasteiger partial charge is 0.361 e. The lowest BCUT2D eigenvalue weighted by Gasteiger charge is -2.35. The van der Waals surface area contributed by atoms with E-state index in [1.807, 2.05) is 44.2 Å². The maximum atomic E-state index is 12.3. The summed E-state index contributed by atoms with van der Waals surface area (Å²) in [4.78, 5) is 27.6. The van der Waals surface area contributed by atoms with Gasteiger partial charge in [-0.1, -0.05) is 18.2 Å². The van der Waals surface area contributed by atoms with Gasteiger partial charge < -0.3 is 14.4 Å². The maximum absolute atomic E-state index is 12.3. The quantitative estimate of drug-likeness (QED) is 0.767. The van der Waals surface area contributed by atoms with E-state index in [0.29, 0.717) is 18.8 Å². The highest BCUT2D eigenvalue weighted by Crippen LogP contribution is 2.12. The van der Waals surface area contributed by atoms with Gasteiger partial charge in [-0.05, 0) is 32.9 Å². The van der Waals surface area contributed by atoms with Crippen LogP contribution in [0.15, 0.2) is 30.3 Å². The standard InChI is InChI=1S/C18H22N4O4/c1-12-9-21(10-13(2)26-12)16(23)11-25-18(24)17-14(3)19-22(20-17)15-7-5-4-6-8-15/h4-8,12-13H,9-11H2,1-3H3/t12-,13+. The van der Waals surface area contributed by atoms with Gasteiger partial charge in [0.15, 0.2) is 12.3 Å². The van der Waals surface area contributed by atoms with E-state index in [2.05, 4.69) is 10.2 Å². The third kappa shape index (κ3) is 4.08. The van der Waals surface area contributed by atoms with Crippen molar-refractivity contribution in [3.05, 3.63) is 41.7 Å². The van der Waals surface area contributed by atoms with Crippen molar-refractivity contribution in [2.75, 3.05) is 19.7 Å². The molecular weight excluding hydrogens is 336 g/mol. The van der Waals surface area contributed by atoms with Gasteiger partial charge in [-0.15, -0.1) is 5.10 Å². The number of morpholine rings is 1. The van der Waals surface area contributed by atoms with E-state index in [1.165, 1.54) is 4.80 Å². The number of aryl methyl sites for hydroxylation is 1. The second-order valence-electron chi connectivity index (χ2n) is 6.39. The summed E-state index contributed by atoms with van der Waals surface area (Å²) in [5, 5.41) is 8.41. The number of aromatic nitrogens is 3. The molecule has 0 bridgehead atoms. The van der Waals surface area contributed by atoms with E-state index in [1.54, 1.807) is 11.8 Å². The number of carbonyl (C=O) groups excluding carboxylic acids is 2. The first-order valence-electron chi connectivity index (χ1n) is 8.53. The minimum absolute atomic E-state index is 0.0357. The summed E-state index contributed by atoms with van der Waals surface area (Å²) >= 11 is 0. The van der Waals surface area contributed by atoms with Crippen LogP contribution in [-0.4, -0.2) is 63.7 Å². The summed E-state index contributed by atoms with van der Waals surface area (Å²) in [5.74, 6) is -0.902. The third-order valence-electron chi connectivity index (χ3n) is 4.06. The lowest BCUT2D eigenvalue weighted by atomic mass is 10.2. The van der Waals surface area contributed by atoms with Crippen LogP contribution in [0.25, 0.3) is 5.69 Å². The van der Waals surface area contributed by atoms with Crippen molar-refractivity contribution < 1.29 is 19.1 Å². The zero-order chi connectivity index (χ0) is 18.7. The summed E-state index contributed by atoms with van der Waals surface area (Å²) in [6, 6.07) is 9.26. The van der Waals surface area contributed by atoms with Crippen LogP contribution in [-0.2, 0) is 14.3 Å². The lowest BCUT2D eigenvalue weighted by Crippen LogP contribution is -2.49. The number of nitrogens with zero attached hydrogens (tertiary/aromatic N) is 4. The molecule has 138 valence electrons. The first-order valence-corrected chi connectivity index (χ1v) is 8.53. The molecular formula is C18H22N4O4. The van der Waals surface area contributed by atoms with Crippen molar-refractivity contribution in [2.24, 2.45) is 0 Å². The molecule has 0 aliphatic carbocycles. The van der Waals surface area contributed by atoms with E-state index in [9.17, 15) is 9.59 Å². The Balaban J connectivity index is 1.62. The van der Waals surface area contributed by atoms with Gasteiger partial charge in [-0.3, -0.25) is 4.79 Å². The van der Waals surface area contributed by atoms with E-state index >= 15 is 0 Å². The van der Waals surface area contributed by atoms with Gasteiger partial charge in [0.2, 0.25) is 0 Å². The highest BCUT2D eigenvalue weighted by atomic mass is 16.5. The van der Waals surface area contributed by atoms with Crippen LogP contribution >= 0.6 is 0 Å². The van der Waals surface area contributed by atoms with Gasteiger partial charge in [0.05, 0.1) is 23.6 Å². The number of hydrogen-bond acceptors (Lipinski definition) is 6. The number of rotatable bonds is 4. The van der Waals surface area contributed by atoms with Crippen molar-refractivity contribution in [2.45, 2.75) is 33.0 Å². The topological polar surface area (TPSA) is 86.6 Å². The fourth-order valence-corrected chi connectivity index (χ4v) is 2.91. The molecule has 3 rings (SSSR count). The molecule has 1 fully saturated rings. The summed E-state index contributed by atoms with van der Waals surface area (Å²) in [7, 11) is 0. The number of hydrogen-bond donors (Lipinski definition) is 0. The highest BCUT2D eigenvalue weighted by Gasteiger charge is 2.27. The minimum Gasteiger partial charge on any atom is -0.451 e. The maximum Gasteiger partial charge on any atom is 0.361 e. The Morgan fingerprint density at radius 3 is 2.46 bits per heavy atom. The Labute approximate surface area is 151 Å². The van der Waals surface area contributed by atoms with Gasteiger partial charge in [-0.25, -0.2) is 4.79 Å². The Kier molecular flexibility index (Phi) is 5.32. The molecule has 1 aliphatic rings. The minimum atomic E-state index is -0.660. The largest absolute Gasteiger partial charge is 0.451 e. The molecule has 1 aromatic heterocycles. The molecule has 1 aromatic carbocycles. The average Bonchev–Trinajstić information content (AvgIpc) is 3.01. The number of benzene rings is 1. The van der Waals surface area contributed by atoms with Crippen molar-refractivity contribution in [3.63, 3.8) is 0 Å². The summed E-state index contributed by atoms with van der Waals surface area (Å²) in [5.41, 5.74) is 1.28. The summed E-state index contributed by atoms with van der Waals surface area (Å²) in [6.07, 6.45) is -0.0714. The first-order chi connectivity index (χ1) is 12.4. The Morgan fingerprint density at radius 1 is 1.15 bits per heavy atom.